The number of ether oxygens (including phenoxy) is 1. The van der Waals surface area contributed by atoms with E-state index in [0.29, 0.717) is 12.5 Å². The zero-order chi connectivity index (χ0) is 14.9. The molecule has 1 saturated carbocycles. The van der Waals surface area contributed by atoms with Crippen molar-refractivity contribution in [2.75, 3.05) is 6.61 Å². The molecule has 114 valence electrons. The highest BCUT2D eigenvalue weighted by atomic mass is 32.2. The summed E-state index contributed by atoms with van der Waals surface area (Å²) in [4.78, 5) is 0. The van der Waals surface area contributed by atoms with Crippen molar-refractivity contribution in [2.24, 2.45) is 17.3 Å². The SMILES string of the molecule is CC1OCCC1S(=O)C1CC(C(C)(C)C)CCC1C#N. The molecule has 2 fully saturated rings. The van der Waals surface area contributed by atoms with Gasteiger partial charge in [-0.3, -0.25) is 4.21 Å². The van der Waals surface area contributed by atoms with Crippen LogP contribution in [0.2, 0.25) is 0 Å². The van der Waals surface area contributed by atoms with Crippen molar-refractivity contribution in [3.8, 4) is 6.07 Å². The van der Waals surface area contributed by atoms with Crippen molar-refractivity contribution in [1.82, 2.24) is 0 Å². The maximum absolute atomic E-state index is 12.9. The third-order valence-electron chi connectivity index (χ3n) is 5.09. The molecule has 0 spiro atoms. The fourth-order valence-electron chi connectivity index (χ4n) is 3.56. The number of nitrogens with zero attached hydrogens (tertiary/aromatic N) is 1. The summed E-state index contributed by atoms with van der Waals surface area (Å²) in [5, 5.41) is 9.55. The van der Waals surface area contributed by atoms with Crippen LogP contribution >= 0.6 is 0 Å². The summed E-state index contributed by atoms with van der Waals surface area (Å²) in [6, 6.07) is 2.41. The maximum atomic E-state index is 12.9. The smallest absolute Gasteiger partial charge is 0.0691 e. The van der Waals surface area contributed by atoms with E-state index < -0.39 is 10.8 Å². The van der Waals surface area contributed by atoms with Gasteiger partial charge in [0.05, 0.1) is 28.6 Å². The first kappa shape index (κ1) is 16.0. The lowest BCUT2D eigenvalue weighted by atomic mass is 9.70. The molecule has 0 bridgehead atoms. The summed E-state index contributed by atoms with van der Waals surface area (Å²) in [6.45, 7) is 9.49. The van der Waals surface area contributed by atoms with E-state index in [4.69, 9.17) is 4.74 Å². The normalized spacial score (nSPS) is 40.2. The van der Waals surface area contributed by atoms with Crippen molar-refractivity contribution in [2.45, 2.75) is 70.0 Å². The molecule has 6 unspecified atom stereocenters. The second kappa shape index (κ2) is 6.15. The van der Waals surface area contributed by atoms with Crippen molar-refractivity contribution >= 4 is 10.8 Å². The molecule has 1 aliphatic heterocycles. The number of hydrogen-bond acceptors (Lipinski definition) is 3. The predicted octanol–water partition coefficient (Wildman–Crippen LogP) is 3.27. The molecule has 20 heavy (non-hydrogen) atoms. The van der Waals surface area contributed by atoms with Crippen LogP contribution in [0.1, 0.15) is 53.4 Å². The fourth-order valence-corrected chi connectivity index (χ4v) is 5.74. The third-order valence-corrected chi connectivity index (χ3v) is 7.42. The Morgan fingerprint density at radius 1 is 1.20 bits per heavy atom. The Kier molecular flexibility index (Phi) is 4.92. The molecule has 4 heteroatoms. The number of hydrogen-bond donors (Lipinski definition) is 0. The molecular formula is C16H27NO2S. The zero-order valence-corrected chi connectivity index (χ0v) is 13.9. The minimum atomic E-state index is -0.945. The summed E-state index contributed by atoms with van der Waals surface area (Å²) in [7, 11) is -0.945. The lowest BCUT2D eigenvalue weighted by molar-refractivity contribution is 0.126. The monoisotopic (exact) mass is 297 g/mol. The van der Waals surface area contributed by atoms with Crippen LogP contribution in [0.5, 0.6) is 0 Å². The summed E-state index contributed by atoms with van der Waals surface area (Å²) in [5.74, 6) is 0.529. The van der Waals surface area contributed by atoms with Crippen LogP contribution < -0.4 is 0 Å². The Labute approximate surface area is 125 Å². The third kappa shape index (κ3) is 3.26. The van der Waals surface area contributed by atoms with E-state index in [1.807, 2.05) is 6.92 Å². The first-order chi connectivity index (χ1) is 9.34. The largest absolute Gasteiger partial charge is 0.377 e. The van der Waals surface area contributed by atoms with Crippen LogP contribution in [-0.2, 0) is 15.5 Å². The Bertz CT molecular complexity index is 410. The van der Waals surface area contributed by atoms with E-state index in [0.717, 1.165) is 25.7 Å². The molecule has 2 aliphatic rings. The van der Waals surface area contributed by atoms with Gasteiger partial charge in [0.25, 0.3) is 0 Å². The van der Waals surface area contributed by atoms with Gasteiger partial charge in [-0.05, 0) is 43.9 Å². The number of nitriles is 1. The molecular weight excluding hydrogens is 270 g/mol. The first-order valence-corrected chi connectivity index (χ1v) is 9.02. The van der Waals surface area contributed by atoms with E-state index >= 15 is 0 Å². The van der Waals surface area contributed by atoms with Gasteiger partial charge in [-0.1, -0.05) is 20.8 Å². The van der Waals surface area contributed by atoms with E-state index in [1.165, 1.54) is 0 Å². The predicted molar refractivity (Wildman–Crippen MR) is 81.6 cm³/mol. The second-order valence-electron chi connectivity index (χ2n) is 7.38. The minimum absolute atomic E-state index is 0.0344. The molecule has 0 radical (unpaired) electrons. The lowest BCUT2D eigenvalue weighted by Crippen LogP contribution is -2.41. The number of rotatable bonds is 2. The highest BCUT2D eigenvalue weighted by Crippen LogP contribution is 2.42. The molecule has 1 saturated heterocycles. The summed E-state index contributed by atoms with van der Waals surface area (Å²) in [6.07, 6.45) is 3.87. The Balaban J connectivity index is 2.13. The van der Waals surface area contributed by atoms with E-state index in [1.54, 1.807) is 0 Å². The molecule has 0 amide bonds. The average Bonchev–Trinajstić information content (AvgIpc) is 2.82. The Morgan fingerprint density at radius 2 is 1.90 bits per heavy atom. The van der Waals surface area contributed by atoms with Gasteiger partial charge in [0.1, 0.15) is 0 Å². The summed E-state index contributed by atoms with van der Waals surface area (Å²) in [5.41, 5.74) is 0.237. The molecule has 1 aliphatic carbocycles. The maximum Gasteiger partial charge on any atom is 0.0691 e. The topological polar surface area (TPSA) is 50.1 Å². The summed E-state index contributed by atoms with van der Waals surface area (Å²) >= 11 is 0. The second-order valence-corrected chi connectivity index (χ2v) is 9.25. The minimum Gasteiger partial charge on any atom is -0.377 e. The van der Waals surface area contributed by atoms with Gasteiger partial charge in [0.2, 0.25) is 0 Å². The fraction of sp³-hybridized carbons (Fsp3) is 0.938. The van der Waals surface area contributed by atoms with Crippen molar-refractivity contribution < 1.29 is 8.95 Å². The van der Waals surface area contributed by atoms with E-state index in [2.05, 4.69) is 26.8 Å². The van der Waals surface area contributed by atoms with E-state index in [9.17, 15) is 9.47 Å². The average molecular weight is 297 g/mol. The van der Waals surface area contributed by atoms with Gasteiger partial charge >= 0.3 is 0 Å². The molecule has 0 aromatic rings. The van der Waals surface area contributed by atoms with E-state index in [-0.39, 0.29) is 27.9 Å². The first-order valence-electron chi connectivity index (χ1n) is 7.75. The van der Waals surface area contributed by atoms with Crippen LogP contribution in [0.3, 0.4) is 0 Å². The van der Waals surface area contributed by atoms with Crippen molar-refractivity contribution in [3.05, 3.63) is 0 Å². The van der Waals surface area contributed by atoms with Crippen LogP contribution in [0.4, 0.5) is 0 Å². The standard InChI is InChI=1S/C16H27NO2S/c1-11-14(7-8-19-11)20(18)15-9-13(16(2,3)4)6-5-12(15)10-17/h11-15H,5-9H2,1-4H3. The highest BCUT2D eigenvalue weighted by Gasteiger charge is 2.42. The lowest BCUT2D eigenvalue weighted by Gasteiger charge is -2.40. The molecule has 6 atom stereocenters. The van der Waals surface area contributed by atoms with Gasteiger partial charge in [0, 0.05) is 17.4 Å². The van der Waals surface area contributed by atoms with Crippen LogP contribution in [-0.4, -0.2) is 27.4 Å². The van der Waals surface area contributed by atoms with Crippen LogP contribution in [0.25, 0.3) is 0 Å². The van der Waals surface area contributed by atoms with Gasteiger partial charge in [-0.25, -0.2) is 0 Å². The van der Waals surface area contributed by atoms with Gasteiger partial charge in [-0.15, -0.1) is 0 Å². The molecule has 3 nitrogen and oxygen atoms in total. The molecule has 0 aromatic heterocycles. The van der Waals surface area contributed by atoms with Crippen molar-refractivity contribution in [1.29, 1.82) is 5.26 Å². The molecule has 0 aromatic carbocycles. The van der Waals surface area contributed by atoms with Crippen LogP contribution in [0.15, 0.2) is 0 Å². The quantitative estimate of drug-likeness (QED) is 0.786. The Hall–Kier alpha value is -0.400. The van der Waals surface area contributed by atoms with Crippen LogP contribution in [0, 0.1) is 28.6 Å². The van der Waals surface area contributed by atoms with Gasteiger partial charge in [0.15, 0.2) is 0 Å². The molecule has 2 rings (SSSR count). The summed E-state index contributed by atoms with van der Waals surface area (Å²) < 4.78 is 18.5. The zero-order valence-electron chi connectivity index (χ0n) is 13.1. The molecule has 0 N–H and O–H groups in total. The molecule has 1 heterocycles. The van der Waals surface area contributed by atoms with Gasteiger partial charge in [-0.2, -0.15) is 5.26 Å². The van der Waals surface area contributed by atoms with Crippen molar-refractivity contribution in [3.63, 3.8) is 0 Å². The Morgan fingerprint density at radius 3 is 2.40 bits per heavy atom. The van der Waals surface area contributed by atoms with Gasteiger partial charge < -0.3 is 4.74 Å². The highest BCUT2D eigenvalue weighted by molar-refractivity contribution is 7.86.